The first-order valence-corrected chi connectivity index (χ1v) is 6.81. The van der Waals surface area contributed by atoms with E-state index in [1.807, 2.05) is 43.9 Å². The van der Waals surface area contributed by atoms with Gasteiger partial charge in [0.05, 0.1) is 10.2 Å². The van der Waals surface area contributed by atoms with E-state index in [9.17, 15) is 4.79 Å². The molecule has 0 aliphatic carbocycles. The average molecular weight is 263 g/mol. The van der Waals surface area contributed by atoms with Crippen LogP contribution in [0, 0.1) is 0 Å². The molecule has 5 heteroatoms. The van der Waals surface area contributed by atoms with Crippen LogP contribution in [-0.4, -0.2) is 28.4 Å². The second-order valence-electron chi connectivity index (χ2n) is 4.42. The molecule has 2 rings (SSSR count). The number of thiazole rings is 1. The van der Waals surface area contributed by atoms with Crippen LogP contribution in [0.2, 0.25) is 0 Å². The van der Waals surface area contributed by atoms with Crippen LogP contribution in [-0.2, 0) is 0 Å². The number of aromatic nitrogens is 1. The molecule has 96 valence electrons. The number of hydrogen-bond donors (Lipinski definition) is 1. The number of nitrogen functional groups attached to an aromatic ring is 1. The molecular formula is C13H17N3OS. The minimum absolute atomic E-state index is 0.0568. The number of carbonyl (C=O) groups excluding carboxylic acids is 1. The number of benzene rings is 1. The van der Waals surface area contributed by atoms with Crippen molar-refractivity contribution in [3.63, 3.8) is 0 Å². The van der Waals surface area contributed by atoms with Crippen molar-refractivity contribution in [1.29, 1.82) is 0 Å². The van der Waals surface area contributed by atoms with Crippen molar-refractivity contribution in [2.75, 3.05) is 12.3 Å². The van der Waals surface area contributed by atoms with Crippen molar-refractivity contribution in [2.45, 2.75) is 26.8 Å². The molecular weight excluding hydrogens is 246 g/mol. The molecule has 0 saturated heterocycles. The highest BCUT2D eigenvalue weighted by atomic mass is 32.1. The molecule has 2 N–H and O–H groups in total. The van der Waals surface area contributed by atoms with Crippen LogP contribution in [0.15, 0.2) is 18.2 Å². The molecule has 18 heavy (non-hydrogen) atoms. The Balaban J connectivity index is 2.38. The number of rotatable bonds is 3. The summed E-state index contributed by atoms with van der Waals surface area (Å²) >= 11 is 1.41. The lowest BCUT2D eigenvalue weighted by molar-refractivity contribution is 0.0717. The zero-order valence-electron chi connectivity index (χ0n) is 10.8. The second-order valence-corrected chi connectivity index (χ2v) is 5.48. The fraction of sp³-hybridized carbons (Fsp3) is 0.385. The number of nitrogens with zero attached hydrogens (tertiary/aromatic N) is 2. The topological polar surface area (TPSA) is 59.2 Å². The number of fused-ring (bicyclic) bond motifs is 1. The molecule has 0 saturated carbocycles. The van der Waals surface area contributed by atoms with Gasteiger partial charge in [-0.15, -0.1) is 0 Å². The Morgan fingerprint density at radius 2 is 2.22 bits per heavy atom. The van der Waals surface area contributed by atoms with Gasteiger partial charge in [0, 0.05) is 18.2 Å². The molecule has 1 aromatic carbocycles. The van der Waals surface area contributed by atoms with Crippen LogP contribution in [0.3, 0.4) is 0 Å². The molecule has 0 spiro atoms. The number of nitrogens with two attached hydrogens (primary N) is 1. The summed E-state index contributed by atoms with van der Waals surface area (Å²) in [5.41, 5.74) is 7.21. The molecule has 1 aromatic heterocycles. The van der Waals surface area contributed by atoms with E-state index >= 15 is 0 Å². The maximum atomic E-state index is 12.3. The van der Waals surface area contributed by atoms with E-state index < -0.39 is 0 Å². The van der Waals surface area contributed by atoms with Crippen molar-refractivity contribution in [3.8, 4) is 0 Å². The Morgan fingerprint density at radius 3 is 2.83 bits per heavy atom. The lowest BCUT2D eigenvalue weighted by Crippen LogP contribution is -2.36. The fourth-order valence-electron chi connectivity index (χ4n) is 1.98. The third-order valence-electron chi connectivity index (χ3n) is 2.88. The van der Waals surface area contributed by atoms with Crippen LogP contribution in [0.4, 0.5) is 5.13 Å². The predicted molar refractivity (Wildman–Crippen MR) is 75.9 cm³/mol. The van der Waals surface area contributed by atoms with Crippen molar-refractivity contribution >= 4 is 32.6 Å². The van der Waals surface area contributed by atoms with E-state index in [0.29, 0.717) is 17.2 Å². The molecule has 1 amide bonds. The third-order valence-corrected chi connectivity index (χ3v) is 3.72. The average Bonchev–Trinajstić information content (AvgIpc) is 2.68. The molecule has 0 atom stereocenters. The highest BCUT2D eigenvalue weighted by Crippen LogP contribution is 2.25. The van der Waals surface area contributed by atoms with Gasteiger partial charge in [-0.1, -0.05) is 11.3 Å². The van der Waals surface area contributed by atoms with Gasteiger partial charge >= 0.3 is 0 Å². The summed E-state index contributed by atoms with van der Waals surface area (Å²) in [6, 6.07) is 5.74. The Morgan fingerprint density at radius 1 is 1.50 bits per heavy atom. The molecule has 0 fully saturated rings. The Bertz CT molecular complexity index is 577. The summed E-state index contributed by atoms with van der Waals surface area (Å²) in [7, 11) is 0. The highest BCUT2D eigenvalue weighted by Gasteiger charge is 2.17. The summed E-state index contributed by atoms with van der Waals surface area (Å²) in [4.78, 5) is 18.4. The monoisotopic (exact) mass is 263 g/mol. The molecule has 0 aliphatic heterocycles. The number of amides is 1. The largest absolute Gasteiger partial charge is 0.375 e. The highest BCUT2D eigenvalue weighted by molar-refractivity contribution is 7.22. The molecule has 0 aliphatic rings. The van der Waals surface area contributed by atoms with Gasteiger partial charge in [-0.3, -0.25) is 4.79 Å². The molecule has 1 heterocycles. The Labute approximate surface area is 110 Å². The van der Waals surface area contributed by atoms with E-state index in [-0.39, 0.29) is 11.9 Å². The molecule has 0 radical (unpaired) electrons. The minimum Gasteiger partial charge on any atom is -0.375 e. The number of carbonyl (C=O) groups is 1. The molecule has 4 nitrogen and oxygen atoms in total. The van der Waals surface area contributed by atoms with E-state index in [1.54, 1.807) is 0 Å². The maximum absolute atomic E-state index is 12.3. The second kappa shape index (κ2) is 4.94. The summed E-state index contributed by atoms with van der Waals surface area (Å²) in [6.45, 7) is 6.73. The van der Waals surface area contributed by atoms with Gasteiger partial charge in [-0.25, -0.2) is 4.98 Å². The normalized spacial score (nSPS) is 11.1. The molecule has 0 unspecified atom stereocenters. The van der Waals surface area contributed by atoms with Crippen molar-refractivity contribution in [3.05, 3.63) is 23.8 Å². The van der Waals surface area contributed by atoms with E-state index in [0.717, 1.165) is 10.2 Å². The van der Waals surface area contributed by atoms with Gasteiger partial charge in [-0.05, 0) is 39.0 Å². The molecule has 2 aromatic rings. The smallest absolute Gasteiger partial charge is 0.254 e. The van der Waals surface area contributed by atoms with Crippen LogP contribution in [0.1, 0.15) is 31.1 Å². The summed E-state index contributed by atoms with van der Waals surface area (Å²) < 4.78 is 0.957. The van der Waals surface area contributed by atoms with Crippen molar-refractivity contribution < 1.29 is 4.79 Å². The van der Waals surface area contributed by atoms with Gasteiger partial charge in [0.1, 0.15) is 0 Å². The van der Waals surface area contributed by atoms with E-state index in [2.05, 4.69) is 4.98 Å². The lowest BCUT2D eigenvalue weighted by atomic mass is 10.1. The summed E-state index contributed by atoms with van der Waals surface area (Å²) in [6.07, 6.45) is 0. The standard InChI is InChI=1S/C13H17N3OS/c1-4-16(8(2)3)12(17)9-5-6-10-11(7-9)18-13(14)15-10/h5-8H,4H2,1-3H3,(H2,14,15). The zero-order chi connectivity index (χ0) is 13.3. The first-order valence-electron chi connectivity index (χ1n) is 6.00. The quantitative estimate of drug-likeness (QED) is 0.926. The van der Waals surface area contributed by atoms with Crippen LogP contribution in [0.25, 0.3) is 10.2 Å². The summed E-state index contributed by atoms with van der Waals surface area (Å²) in [5, 5.41) is 0.533. The van der Waals surface area contributed by atoms with Gasteiger partial charge in [0.25, 0.3) is 5.91 Å². The van der Waals surface area contributed by atoms with Crippen molar-refractivity contribution in [2.24, 2.45) is 0 Å². The lowest BCUT2D eigenvalue weighted by Gasteiger charge is -2.25. The van der Waals surface area contributed by atoms with E-state index in [4.69, 9.17) is 5.73 Å². The van der Waals surface area contributed by atoms with Crippen molar-refractivity contribution in [1.82, 2.24) is 9.88 Å². The third kappa shape index (κ3) is 2.31. The van der Waals surface area contributed by atoms with Gasteiger partial charge in [0.15, 0.2) is 5.13 Å². The van der Waals surface area contributed by atoms with E-state index in [1.165, 1.54) is 11.3 Å². The number of anilines is 1. The first kappa shape index (κ1) is 12.8. The summed E-state index contributed by atoms with van der Waals surface area (Å²) in [5.74, 6) is 0.0568. The predicted octanol–water partition coefficient (Wildman–Crippen LogP) is 2.75. The van der Waals surface area contributed by atoms with Gasteiger partial charge in [0.2, 0.25) is 0 Å². The van der Waals surface area contributed by atoms with Gasteiger partial charge in [-0.2, -0.15) is 0 Å². The van der Waals surface area contributed by atoms with Gasteiger partial charge < -0.3 is 10.6 Å². The zero-order valence-corrected chi connectivity index (χ0v) is 11.6. The number of hydrogen-bond acceptors (Lipinski definition) is 4. The fourth-order valence-corrected chi connectivity index (χ4v) is 2.76. The molecule has 0 bridgehead atoms. The first-order chi connectivity index (χ1) is 8.52. The SMILES string of the molecule is CCN(C(=O)c1ccc2nc(N)sc2c1)C(C)C. The Kier molecular flexibility index (Phi) is 3.52. The van der Waals surface area contributed by atoms with Crippen LogP contribution >= 0.6 is 11.3 Å². The Hall–Kier alpha value is -1.62. The van der Waals surface area contributed by atoms with Crippen LogP contribution < -0.4 is 5.73 Å². The van der Waals surface area contributed by atoms with Crippen LogP contribution in [0.5, 0.6) is 0 Å². The maximum Gasteiger partial charge on any atom is 0.254 e. The minimum atomic E-state index is 0.0568.